The van der Waals surface area contributed by atoms with Crippen molar-refractivity contribution in [3.63, 3.8) is 0 Å². The fourth-order valence-corrected chi connectivity index (χ4v) is 1.61. The summed E-state index contributed by atoms with van der Waals surface area (Å²) in [6.45, 7) is 2.64. The van der Waals surface area contributed by atoms with Gasteiger partial charge in [0.25, 0.3) is 0 Å². The molecule has 0 saturated heterocycles. The first-order valence-corrected chi connectivity index (χ1v) is 6.26. The number of ether oxygens (including phenoxy) is 1. The maximum absolute atomic E-state index is 9.88. The highest BCUT2D eigenvalue weighted by Crippen LogP contribution is 2.13. The van der Waals surface area contributed by atoms with E-state index in [1.807, 2.05) is 18.9 Å². The lowest BCUT2D eigenvalue weighted by atomic mass is 10.2. The topological polar surface area (TPSA) is 82.5 Å². The maximum atomic E-state index is 9.88. The van der Waals surface area contributed by atoms with Gasteiger partial charge in [-0.25, -0.2) is 0 Å². The Morgan fingerprint density at radius 2 is 2.05 bits per heavy atom. The number of anilines is 1. The fraction of sp³-hybridized carbons (Fsp3) is 0.500. The van der Waals surface area contributed by atoms with Crippen molar-refractivity contribution in [3.05, 3.63) is 24.3 Å². The van der Waals surface area contributed by atoms with Crippen LogP contribution < -0.4 is 10.5 Å². The molecular formula is C14H21N3O2. The Morgan fingerprint density at radius 3 is 2.63 bits per heavy atom. The Bertz CT molecular complexity index is 414. The molecule has 0 fully saturated rings. The highest BCUT2D eigenvalue weighted by molar-refractivity contribution is 5.41. The molecule has 5 heteroatoms. The van der Waals surface area contributed by atoms with E-state index in [1.54, 1.807) is 24.3 Å². The van der Waals surface area contributed by atoms with E-state index in [-0.39, 0.29) is 12.6 Å². The van der Waals surface area contributed by atoms with Crippen molar-refractivity contribution in [2.45, 2.75) is 25.5 Å². The molecule has 0 aromatic heterocycles. The number of nitriles is 1. The second kappa shape index (κ2) is 7.62. The van der Waals surface area contributed by atoms with Crippen LogP contribution in [0.4, 0.5) is 5.69 Å². The van der Waals surface area contributed by atoms with Crippen molar-refractivity contribution < 1.29 is 9.84 Å². The van der Waals surface area contributed by atoms with Crippen LogP contribution in [0.2, 0.25) is 0 Å². The SMILES string of the molecule is CC(CC#N)N(C)CC(O)COc1ccc(N)cc1. The molecule has 2 unspecified atom stereocenters. The van der Waals surface area contributed by atoms with E-state index >= 15 is 0 Å². The van der Waals surface area contributed by atoms with E-state index in [0.29, 0.717) is 24.4 Å². The molecule has 5 nitrogen and oxygen atoms in total. The number of rotatable bonds is 7. The monoisotopic (exact) mass is 263 g/mol. The molecule has 1 aromatic rings. The lowest BCUT2D eigenvalue weighted by Crippen LogP contribution is -2.38. The van der Waals surface area contributed by atoms with Crippen LogP contribution in [0.1, 0.15) is 13.3 Å². The van der Waals surface area contributed by atoms with Crippen molar-refractivity contribution in [3.8, 4) is 11.8 Å². The average Bonchev–Trinajstić information content (AvgIpc) is 2.38. The molecule has 0 saturated carbocycles. The number of hydrogen-bond acceptors (Lipinski definition) is 5. The first-order chi connectivity index (χ1) is 9.02. The molecule has 0 aliphatic carbocycles. The molecule has 19 heavy (non-hydrogen) atoms. The first-order valence-electron chi connectivity index (χ1n) is 6.26. The summed E-state index contributed by atoms with van der Waals surface area (Å²) in [7, 11) is 1.88. The number of hydrogen-bond donors (Lipinski definition) is 2. The Morgan fingerprint density at radius 1 is 1.42 bits per heavy atom. The summed E-state index contributed by atoms with van der Waals surface area (Å²) in [5, 5.41) is 18.5. The lowest BCUT2D eigenvalue weighted by Gasteiger charge is -2.25. The van der Waals surface area contributed by atoms with Gasteiger partial charge in [-0.1, -0.05) is 0 Å². The molecule has 3 N–H and O–H groups in total. The number of nitrogens with two attached hydrogens (primary N) is 1. The van der Waals surface area contributed by atoms with Gasteiger partial charge in [0, 0.05) is 18.3 Å². The normalized spacial score (nSPS) is 13.8. The lowest BCUT2D eigenvalue weighted by molar-refractivity contribution is 0.0660. The number of benzene rings is 1. The zero-order chi connectivity index (χ0) is 14.3. The quantitative estimate of drug-likeness (QED) is 0.723. The van der Waals surface area contributed by atoms with Gasteiger partial charge in [-0.15, -0.1) is 0 Å². The fourth-order valence-electron chi connectivity index (χ4n) is 1.61. The van der Waals surface area contributed by atoms with Gasteiger partial charge in [0.2, 0.25) is 0 Å². The van der Waals surface area contributed by atoms with Crippen LogP contribution in [-0.2, 0) is 0 Å². The minimum absolute atomic E-state index is 0.121. The van der Waals surface area contributed by atoms with Crippen LogP contribution in [0.25, 0.3) is 0 Å². The number of likely N-dealkylation sites (N-methyl/N-ethyl adjacent to an activating group) is 1. The zero-order valence-corrected chi connectivity index (χ0v) is 11.4. The molecule has 0 amide bonds. The average molecular weight is 263 g/mol. The molecule has 0 aliphatic rings. The summed E-state index contributed by atoms with van der Waals surface area (Å²) in [5.74, 6) is 0.681. The van der Waals surface area contributed by atoms with E-state index < -0.39 is 6.10 Å². The smallest absolute Gasteiger partial charge is 0.119 e. The summed E-state index contributed by atoms with van der Waals surface area (Å²) in [5.41, 5.74) is 6.25. The third kappa shape index (κ3) is 5.60. The van der Waals surface area contributed by atoms with Crippen LogP contribution in [-0.4, -0.2) is 42.4 Å². The second-order valence-electron chi connectivity index (χ2n) is 4.68. The molecule has 0 bridgehead atoms. The number of nitrogen functional groups attached to an aromatic ring is 1. The number of aliphatic hydroxyl groups is 1. The highest BCUT2D eigenvalue weighted by Gasteiger charge is 2.14. The third-order valence-electron chi connectivity index (χ3n) is 2.96. The van der Waals surface area contributed by atoms with E-state index in [9.17, 15) is 5.11 Å². The van der Waals surface area contributed by atoms with Gasteiger partial charge in [-0.2, -0.15) is 5.26 Å². The van der Waals surface area contributed by atoms with Gasteiger partial charge < -0.3 is 15.6 Å². The molecular weight excluding hydrogens is 242 g/mol. The molecule has 0 radical (unpaired) electrons. The maximum Gasteiger partial charge on any atom is 0.119 e. The summed E-state index contributed by atoms with van der Waals surface area (Å²) in [6, 6.07) is 9.28. The molecule has 0 spiro atoms. The summed E-state index contributed by atoms with van der Waals surface area (Å²) in [6.07, 6.45) is -0.147. The zero-order valence-electron chi connectivity index (χ0n) is 11.4. The van der Waals surface area contributed by atoms with Crippen LogP contribution >= 0.6 is 0 Å². The largest absolute Gasteiger partial charge is 0.491 e. The predicted molar refractivity (Wildman–Crippen MR) is 74.7 cm³/mol. The molecule has 2 atom stereocenters. The molecule has 1 aromatic carbocycles. The summed E-state index contributed by atoms with van der Waals surface area (Å²) < 4.78 is 5.47. The standard InChI is InChI=1S/C14H21N3O2/c1-11(7-8-15)17(2)9-13(18)10-19-14-5-3-12(16)4-6-14/h3-6,11,13,18H,7,9-10,16H2,1-2H3. The summed E-state index contributed by atoms with van der Waals surface area (Å²) >= 11 is 0. The van der Waals surface area contributed by atoms with Crippen LogP contribution in [0.3, 0.4) is 0 Å². The molecule has 1 rings (SSSR count). The Labute approximate surface area is 114 Å². The third-order valence-corrected chi connectivity index (χ3v) is 2.96. The minimum atomic E-state index is -0.594. The van der Waals surface area contributed by atoms with Crippen molar-refractivity contribution in [1.82, 2.24) is 4.90 Å². The van der Waals surface area contributed by atoms with Crippen molar-refractivity contribution >= 4 is 5.69 Å². The van der Waals surface area contributed by atoms with E-state index in [0.717, 1.165) is 0 Å². The molecule has 0 aliphatic heterocycles. The highest BCUT2D eigenvalue weighted by atomic mass is 16.5. The first kappa shape index (κ1) is 15.3. The van der Waals surface area contributed by atoms with E-state index in [2.05, 4.69) is 6.07 Å². The minimum Gasteiger partial charge on any atom is -0.491 e. The Balaban J connectivity index is 2.33. The van der Waals surface area contributed by atoms with Crippen molar-refractivity contribution in [2.24, 2.45) is 0 Å². The van der Waals surface area contributed by atoms with Crippen molar-refractivity contribution in [1.29, 1.82) is 5.26 Å². The van der Waals surface area contributed by atoms with Gasteiger partial charge in [-0.3, -0.25) is 4.90 Å². The predicted octanol–water partition coefficient (Wildman–Crippen LogP) is 1.24. The van der Waals surface area contributed by atoms with Gasteiger partial charge in [0.05, 0.1) is 12.5 Å². The van der Waals surface area contributed by atoms with Gasteiger partial charge in [0.15, 0.2) is 0 Å². The van der Waals surface area contributed by atoms with Gasteiger partial charge in [-0.05, 0) is 38.2 Å². The van der Waals surface area contributed by atoms with Gasteiger partial charge >= 0.3 is 0 Å². The van der Waals surface area contributed by atoms with E-state index in [1.165, 1.54) is 0 Å². The van der Waals surface area contributed by atoms with E-state index in [4.69, 9.17) is 15.7 Å². The number of nitrogens with zero attached hydrogens (tertiary/aromatic N) is 2. The van der Waals surface area contributed by atoms with Crippen LogP contribution in [0, 0.1) is 11.3 Å². The second-order valence-corrected chi connectivity index (χ2v) is 4.68. The Kier molecular flexibility index (Phi) is 6.13. The van der Waals surface area contributed by atoms with Gasteiger partial charge in [0.1, 0.15) is 18.5 Å². The van der Waals surface area contributed by atoms with Crippen LogP contribution in [0.15, 0.2) is 24.3 Å². The molecule has 104 valence electrons. The Hall–Kier alpha value is -1.77. The van der Waals surface area contributed by atoms with Crippen LogP contribution in [0.5, 0.6) is 5.75 Å². The summed E-state index contributed by atoms with van der Waals surface area (Å²) in [4.78, 5) is 1.94. The molecule has 0 heterocycles. The van der Waals surface area contributed by atoms with Crippen molar-refractivity contribution in [2.75, 3.05) is 25.9 Å². The number of aliphatic hydroxyl groups excluding tert-OH is 1.